The maximum Gasteiger partial charge on any atom is 0.328 e. The van der Waals surface area contributed by atoms with Crippen LogP contribution in [0.25, 0.3) is 0 Å². The minimum absolute atomic E-state index is 0.107. The number of carbonyl (C=O) groups excluding carboxylic acids is 1. The number of nitrogens with zero attached hydrogens (tertiary/aromatic N) is 1. The number of aromatic nitrogens is 1. The topological polar surface area (TPSA) is 60.5 Å². The first-order valence-corrected chi connectivity index (χ1v) is 5.84. The van der Waals surface area contributed by atoms with E-state index in [2.05, 4.69) is 10.3 Å². The zero-order valence-corrected chi connectivity index (χ0v) is 11.5. The third kappa shape index (κ3) is 3.35. The van der Waals surface area contributed by atoms with Crippen LogP contribution in [0.15, 0.2) is 12.3 Å². The maximum atomic E-state index is 11.7. The Morgan fingerprint density at radius 3 is 2.56 bits per heavy atom. The molecule has 0 radical (unpaired) electrons. The van der Waals surface area contributed by atoms with Gasteiger partial charge >= 0.3 is 5.97 Å². The summed E-state index contributed by atoms with van der Waals surface area (Å²) in [7, 11) is 2.95. The van der Waals surface area contributed by atoms with Gasteiger partial charge in [-0.15, -0.1) is 0 Å². The fourth-order valence-electron chi connectivity index (χ4n) is 1.61. The second-order valence-electron chi connectivity index (χ2n) is 4.42. The quantitative estimate of drug-likeness (QED) is 0.812. The molecule has 1 rings (SSSR count). The van der Waals surface area contributed by atoms with Gasteiger partial charge in [0.25, 0.3) is 0 Å². The molecule has 1 aromatic rings. The molecular formula is C13H20N2O3. The second kappa shape index (κ2) is 6.23. The molecule has 1 unspecified atom stereocenters. The lowest BCUT2D eigenvalue weighted by atomic mass is 10.0. The van der Waals surface area contributed by atoms with Gasteiger partial charge in [0, 0.05) is 5.69 Å². The van der Waals surface area contributed by atoms with Crippen molar-refractivity contribution in [3.05, 3.63) is 18.0 Å². The molecule has 100 valence electrons. The highest BCUT2D eigenvalue weighted by molar-refractivity contribution is 5.80. The number of carbonyl (C=O) groups is 1. The Morgan fingerprint density at radius 2 is 2.06 bits per heavy atom. The minimum Gasteiger partial charge on any atom is -0.493 e. The standard InChI is InChI=1S/C13H20N2O3/c1-8(2)12(13(16)18-5)15-10-6-9(3)14-7-11(10)17-4/h6-8,12H,1-5H3,(H,14,15). The number of methoxy groups -OCH3 is 2. The third-order valence-corrected chi connectivity index (χ3v) is 2.66. The van der Waals surface area contributed by atoms with Crippen LogP contribution in [0.2, 0.25) is 0 Å². The molecule has 0 aliphatic carbocycles. The fraction of sp³-hybridized carbons (Fsp3) is 0.538. The van der Waals surface area contributed by atoms with Crippen LogP contribution >= 0.6 is 0 Å². The number of nitrogens with one attached hydrogen (secondary N) is 1. The number of pyridine rings is 1. The first kappa shape index (κ1) is 14.3. The highest BCUT2D eigenvalue weighted by Crippen LogP contribution is 2.25. The van der Waals surface area contributed by atoms with Gasteiger partial charge in [0.05, 0.1) is 26.1 Å². The highest BCUT2D eigenvalue weighted by atomic mass is 16.5. The van der Waals surface area contributed by atoms with Gasteiger partial charge in [-0.3, -0.25) is 4.98 Å². The molecule has 1 atom stereocenters. The highest BCUT2D eigenvalue weighted by Gasteiger charge is 2.23. The molecule has 18 heavy (non-hydrogen) atoms. The Hall–Kier alpha value is -1.78. The van der Waals surface area contributed by atoms with Gasteiger partial charge in [0.1, 0.15) is 6.04 Å². The van der Waals surface area contributed by atoms with E-state index in [0.29, 0.717) is 5.75 Å². The molecule has 0 saturated heterocycles. The lowest BCUT2D eigenvalue weighted by Gasteiger charge is -2.22. The van der Waals surface area contributed by atoms with E-state index < -0.39 is 6.04 Å². The molecule has 0 aliphatic rings. The number of anilines is 1. The summed E-state index contributed by atoms with van der Waals surface area (Å²) in [6.45, 7) is 5.79. The monoisotopic (exact) mass is 252 g/mol. The molecule has 0 aliphatic heterocycles. The van der Waals surface area contributed by atoms with Crippen molar-refractivity contribution in [3.63, 3.8) is 0 Å². The predicted octanol–water partition coefficient (Wildman–Crippen LogP) is 2.01. The number of aryl methyl sites for hydroxylation is 1. The van der Waals surface area contributed by atoms with E-state index in [9.17, 15) is 4.79 Å². The molecule has 0 aromatic carbocycles. The smallest absolute Gasteiger partial charge is 0.328 e. The van der Waals surface area contributed by atoms with Crippen LogP contribution in [-0.4, -0.2) is 31.2 Å². The van der Waals surface area contributed by atoms with Crippen molar-refractivity contribution in [2.45, 2.75) is 26.8 Å². The Morgan fingerprint density at radius 1 is 1.39 bits per heavy atom. The van der Waals surface area contributed by atoms with E-state index in [4.69, 9.17) is 9.47 Å². The molecule has 0 fully saturated rings. The van der Waals surface area contributed by atoms with E-state index in [-0.39, 0.29) is 11.9 Å². The lowest BCUT2D eigenvalue weighted by molar-refractivity contribution is -0.142. The molecule has 1 heterocycles. The summed E-state index contributed by atoms with van der Waals surface area (Å²) in [5, 5.41) is 3.15. The van der Waals surface area contributed by atoms with Crippen molar-refractivity contribution in [2.24, 2.45) is 5.92 Å². The zero-order chi connectivity index (χ0) is 13.7. The van der Waals surface area contributed by atoms with Gasteiger partial charge in [-0.2, -0.15) is 0 Å². The van der Waals surface area contributed by atoms with Crippen molar-refractivity contribution in [3.8, 4) is 5.75 Å². The molecule has 1 aromatic heterocycles. The first-order chi connectivity index (χ1) is 8.49. The van der Waals surface area contributed by atoms with Crippen LogP contribution in [0.1, 0.15) is 19.5 Å². The van der Waals surface area contributed by atoms with Gasteiger partial charge in [0.2, 0.25) is 0 Å². The van der Waals surface area contributed by atoms with Crippen LogP contribution in [-0.2, 0) is 9.53 Å². The van der Waals surface area contributed by atoms with Crippen LogP contribution in [0.3, 0.4) is 0 Å². The average Bonchev–Trinajstić information content (AvgIpc) is 2.34. The number of hydrogen-bond donors (Lipinski definition) is 1. The van der Waals surface area contributed by atoms with E-state index >= 15 is 0 Å². The Labute approximate surface area is 108 Å². The van der Waals surface area contributed by atoms with Crippen LogP contribution in [0.4, 0.5) is 5.69 Å². The summed E-state index contributed by atoms with van der Waals surface area (Å²) in [6.07, 6.45) is 1.63. The molecule has 1 N–H and O–H groups in total. The van der Waals surface area contributed by atoms with Crippen molar-refractivity contribution in [2.75, 3.05) is 19.5 Å². The maximum absolute atomic E-state index is 11.7. The summed E-state index contributed by atoms with van der Waals surface area (Å²) in [5.41, 5.74) is 1.60. The molecule has 5 nitrogen and oxygen atoms in total. The fourth-order valence-corrected chi connectivity index (χ4v) is 1.61. The van der Waals surface area contributed by atoms with Crippen molar-refractivity contribution < 1.29 is 14.3 Å². The van der Waals surface area contributed by atoms with E-state index in [1.165, 1.54) is 7.11 Å². The average molecular weight is 252 g/mol. The van der Waals surface area contributed by atoms with Gasteiger partial charge in [-0.1, -0.05) is 13.8 Å². The van der Waals surface area contributed by atoms with E-state index in [1.807, 2.05) is 26.8 Å². The molecule has 0 saturated carbocycles. The Bertz CT molecular complexity index is 419. The predicted molar refractivity (Wildman–Crippen MR) is 69.8 cm³/mol. The van der Waals surface area contributed by atoms with Crippen molar-refractivity contribution >= 4 is 11.7 Å². The third-order valence-electron chi connectivity index (χ3n) is 2.66. The van der Waals surface area contributed by atoms with E-state index in [0.717, 1.165) is 11.4 Å². The summed E-state index contributed by atoms with van der Waals surface area (Å²) >= 11 is 0. The summed E-state index contributed by atoms with van der Waals surface area (Å²) in [4.78, 5) is 15.8. The van der Waals surface area contributed by atoms with Crippen LogP contribution in [0.5, 0.6) is 5.75 Å². The normalized spacial score (nSPS) is 12.1. The Kier molecular flexibility index (Phi) is 4.95. The zero-order valence-electron chi connectivity index (χ0n) is 11.5. The number of ether oxygens (including phenoxy) is 2. The molecule has 0 spiro atoms. The summed E-state index contributed by atoms with van der Waals surface area (Å²) < 4.78 is 10.0. The summed E-state index contributed by atoms with van der Waals surface area (Å²) in [5.74, 6) is 0.423. The van der Waals surface area contributed by atoms with Gasteiger partial charge in [-0.05, 0) is 18.9 Å². The second-order valence-corrected chi connectivity index (χ2v) is 4.42. The van der Waals surface area contributed by atoms with Crippen LogP contribution < -0.4 is 10.1 Å². The number of rotatable bonds is 5. The molecular weight excluding hydrogens is 232 g/mol. The number of esters is 1. The van der Waals surface area contributed by atoms with Gasteiger partial charge < -0.3 is 14.8 Å². The van der Waals surface area contributed by atoms with Gasteiger partial charge in [0.15, 0.2) is 5.75 Å². The minimum atomic E-state index is -0.411. The lowest BCUT2D eigenvalue weighted by Crippen LogP contribution is -2.35. The van der Waals surface area contributed by atoms with Crippen LogP contribution in [0, 0.1) is 12.8 Å². The molecule has 0 bridgehead atoms. The van der Waals surface area contributed by atoms with Crippen molar-refractivity contribution in [1.29, 1.82) is 0 Å². The Balaban J connectivity index is 2.99. The molecule has 0 amide bonds. The van der Waals surface area contributed by atoms with E-state index in [1.54, 1.807) is 13.3 Å². The summed E-state index contributed by atoms with van der Waals surface area (Å²) in [6, 6.07) is 1.43. The first-order valence-electron chi connectivity index (χ1n) is 5.84. The number of hydrogen-bond acceptors (Lipinski definition) is 5. The van der Waals surface area contributed by atoms with Crippen molar-refractivity contribution in [1.82, 2.24) is 4.98 Å². The molecule has 5 heteroatoms. The SMILES string of the molecule is COC(=O)C(Nc1cc(C)ncc1OC)C(C)C. The van der Waals surface area contributed by atoms with Gasteiger partial charge in [-0.25, -0.2) is 4.79 Å². The largest absolute Gasteiger partial charge is 0.493 e.